The maximum atomic E-state index is 6.70. The lowest BCUT2D eigenvalue weighted by atomic mass is 9.43. The molecule has 47 heavy (non-hydrogen) atoms. The van der Waals surface area contributed by atoms with Gasteiger partial charge in [0.1, 0.15) is 7.85 Å². The van der Waals surface area contributed by atoms with Gasteiger partial charge in [0.05, 0.1) is 0 Å². The average Bonchev–Trinajstić information content (AvgIpc) is 3.41. The Morgan fingerprint density at radius 2 is 1.02 bits per heavy atom. The summed E-state index contributed by atoms with van der Waals surface area (Å²) in [6, 6.07) is 48.0. The van der Waals surface area contributed by atoms with Crippen molar-refractivity contribution in [1.82, 2.24) is 0 Å². The van der Waals surface area contributed by atoms with Crippen molar-refractivity contribution in [2.45, 2.75) is 37.5 Å². The molecule has 5 aliphatic rings. The van der Waals surface area contributed by atoms with Crippen LogP contribution in [0, 0.1) is 23.7 Å². The van der Waals surface area contributed by atoms with Crippen LogP contribution in [0.5, 0.6) is 0 Å². The fourth-order valence-corrected chi connectivity index (χ4v) is 11.5. The van der Waals surface area contributed by atoms with Gasteiger partial charge in [-0.15, -0.1) is 0 Å². The lowest BCUT2D eigenvalue weighted by molar-refractivity contribution is -0.0393. The van der Waals surface area contributed by atoms with Gasteiger partial charge in [-0.25, -0.2) is 0 Å². The van der Waals surface area contributed by atoms with E-state index in [1.54, 1.807) is 11.1 Å². The van der Waals surface area contributed by atoms with E-state index >= 15 is 0 Å². The van der Waals surface area contributed by atoms with Crippen molar-refractivity contribution in [2.75, 3.05) is 0 Å². The van der Waals surface area contributed by atoms with Crippen LogP contribution in [0.25, 0.3) is 65.7 Å². The Hall–Kier alpha value is -4.62. The standard InChI is InChI=1S/C46H35B/c47-45-39-11-5-3-9-36(39)43(37-10-4-6-12-40(37)45)31-15-13-29(14-16-31)32-18-20-42-41(26-32)38-19-17-30-7-1-2-8-35(30)44(38)46(42)33-22-27-21-28(24-33)25-34(46)23-27/h1-20,26-28,33-34H,21-25H2. The molecule has 1 heteroatoms. The molecule has 0 aromatic heterocycles. The second-order valence-corrected chi connectivity index (χ2v) is 15.1. The average molecular weight is 599 g/mol. The largest absolute Gasteiger partial charge is 0.115 e. The van der Waals surface area contributed by atoms with Crippen molar-refractivity contribution in [1.29, 1.82) is 0 Å². The SMILES string of the molecule is [B]c1c2ccccc2c(-c2ccc(-c3ccc4c(c3)-c3ccc5ccccc5c3C43C4CC5CC(C4)CC3C5)cc2)c2ccccc12. The van der Waals surface area contributed by atoms with Crippen LogP contribution >= 0.6 is 0 Å². The predicted octanol–water partition coefficient (Wildman–Crippen LogP) is 11.0. The van der Waals surface area contributed by atoms with Crippen LogP contribution in [-0.4, -0.2) is 7.85 Å². The number of hydrogen-bond donors (Lipinski definition) is 0. The first kappa shape index (κ1) is 26.5. The third kappa shape index (κ3) is 3.45. The minimum Gasteiger partial charge on any atom is -0.0812 e. The first-order valence-corrected chi connectivity index (χ1v) is 17.7. The summed E-state index contributed by atoms with van der Waals surface area (Å²) in [5, 5.41) is 7.54. The van der Waals surface area contributed by atoms with Crippen LogP contribution in [0.15, 0.2) is 127 Å². The molecule has 0 heterocycles. The zero-order valence-corrected chi connectivity index (χ0v) is 26.5. The van der Waals surface area contributed by atoms with Crippen LogP contribution in [0.2, 0.25) is 0 Å². The molecule has 4 bridgehead atoms. The Kier molecular flexibility index (Phi) is 5.34. The monoisotopic (exact) mass is 598 g/mol. The van der Waals surface area contributed by atoms with Gasteiger partial charge in [0.2, 0.25) is 0 Å². The Labute approximate surface area is 277 Å². The minimum atomic E-state index is 0.165. The van der Waals surface area contributed by atoms with Gasteiger partial charge in [0.15, 0.2) is 0 Å². The molecular weight excluding hydrogens is 563 g/mol. The topological polar surface area (TPSA) is 0 Å². The lowest BCUT2D eigenvalue weighted by Crippen LogP contribution is -2.55. The van der Waals surface area contributed by atoms with E-state index in [4.69, 9.17) is 7.85 Å². The minimum absolute atomic E-state index is 0.165. The van der Waals surface area contributed by atoms with Crippen LogP contribution in [0.3, 0.4) is 0 Å². The molecule has 4 fully saturated rings. The van der Waals surface area contributed by atoms with Gasteiger partial charge in [0, 0.05) is 5.41 Å². The van der Waals surface area contributed by atoms with Gasteiger partial charge in [0.25, 0.3) is 0 Å². The van der Waals surface area contributed by atoms with Gasteiger partial charge >= 0.3 is 0 Å². The van der Waals surface area contributed by atoms with E-state index in [9.17, 15) is 0 Å². The van der Waals surface area contributed by atoms with Crippen molar-refractivity contribution >= 4 is 45.6 Å². The summed E-state index contributed by atoms with van der Waals surface area (Å²) in [6.07, 6.45) is 7.12. The van der Waals surface area contributed by atoms with E-state index in [1.165, 1.54) is 87.0 Å². The van der Waals surface area contributed by atoms with E-state index in [0.717, 1.165) is 39.9 Å². The molecule has 2 radical (unpaired) electrons. The Balaban J connectivity index is 1.08. The van der Waals surface area contributed by atoms with Crippen LogP contribution < -0.4 is 5.46 Å². The summed E-state index contributed by atoms with van der Waals surface area (Å²) in [6.45, 7) is 0. The zero-order chi connectivity index (χ0) is 30.9. The molecule has 0 aliphatic heterocycles. The number of benzene rings is 7. The molecule has 1 spiro atoms. The number of hydrogen-bond acceptors (Lipinski definition) is 0. The second-order valence-electron chi connectivity index (χ2n) is 15.1. The van der Waals surface area contributed by atoms with E-state index in [1.807, 2.05) is 0 Å². The summed E-state index contributed by atoms with van der Waals surface area (Å²) in [5.41, 5.74) is 12.4. The first-order chi connectivity index (χ1) is 23.2. The summed E-state index contributed by atoms with van der Waals surface area (Å²) in [7, 11) is 6.70. The maximum Gasteiger partial charge on any atom is 0.115 e. The molecule has 12 rings (SSSR count). The third-order valence-corrected chi connectivity index (χ3v) is 13.0. The molecule has 0 unspecified atom stereocenters. The Morgan fingerprint density at radius 1 is 0.468 bits per heavy atom. The quantitative estimate of drug-likeness (QED) is 0.137. The van der Waals surface area contributed by atoms with Gasteiger partial charge in [-0.05, 0) is 139 Å². The molecule has 222 valence electrons. The predicted molar refractivity (Wildman–Crippen MR) is 198 cm³/mol. The molecule has 0 nitrogen and oxygen atoms in total. The van der Waals surface area contributed by atoms with Crippen molar-refractivity contribution in [2.24, 2.45) is 23.7 Å². The Bertz CT molecular complexity index is 2350. The lowest BCUT2D eigenvalue weighted by Gasteiger charge is -2.61. The summed E-state index contributed by atoms with van der Waals surface area (Å²) < 4.78 is 0. The molecule has 0 amide bonds. The molecule has 0 atom stereocenters. The van der Waals surface area contributed by atoms with Gasteiger partial charge < -0.3 is 0 Å². The van der Waals surface area contributed by atoms with Crippen molar-refractivity contribution in [3.63, 3.8) is 0 Å². The highest BCUT2D eigenvalue weighted by Gasteiger charge is 2.62. The molecular formula is C46H35B. The van der Waals surface area contributed by atoms with E-state index in [2.05, 4.69) is 127 Å². The van der Waals surface area contributed by atoms with Crippen molar-refractivity contribution < 1.29 is 0 Å². The highest BCUT2D eigenvalue weighted by atomic mass is 14.6. The highest BCUT2D eigenvalue weighted by molar-refractivity contribution is 6.46. The van der Waals surface area contributed by atoms with E-state index in [0.29, 0.717) is 0 Å². The van der Waals surface area contributed by atoms with E-state index < -0.39 is 0 Å². The first-order valence-electron chi connectivity index (χ1n) is 17.7. The van der Waals surface area contributed by atoms with Crippen molar-refractivity contribution in [3.8, 4) is 33.4 Å². The molecule has 5 aliphatic carbocycles. The molecule has 7 aromatic carbocycles. The second kappa shape index (κ2) is 9.48. The van der Waals surface area contributed by atoms with Crippen LogP contribution in [0.4, 0.5) is 0 Å². The third-order valence-electron chi connectivity index (χ3n) is 13.0. The van der Waals surface area contributed by atoms with Crippen molar-refractivity contribution in [3.05, 3.63) is 139 Å². The molecule has 0 N–H and O–H groups in total. The fourth-order valence-electron chi connectivity index (χ4n) is 11.5. The summed E-state index contributed by atoms with van der Waals surface area (Å²) in [4.78, 5) is 0. The number of fused-ring (bicyclic) bond motifs is 7. The maximum absolute atomic E-state index is 6.70. The molecule has 4 saturated carbocycles. The van der Waals surface area contributed by atoms with Gasteiger partial charge in [-0.3, -0.25) is 0 Å². The summed E-state index contributed by atoms with van der Waals surface area (Å²) in [5.74, 6) is 3.41. The summed E-state index contributed by atoms with van der Waals surface area (Å²) >= 11 is 0. The normalized spacial score (nSPS) is 25.2. The number of rotatable bonds is 2. The van der Waals surface area contributed by atoms with Gasteiger partial charge in [-0.2, -0.15) is 0 Å². The molecule has 7 aromatic rings. The smallest absolute Gasteiger partial charge is 0.0812 e. The van der Waals surface area contributed by atoms with Gasteiger partial charge in [-0.1, -0.05) is 127 Å². The van der Waals surface area contributed by atoms with Crippen LogP contribution in [-0.2, 0) is 5.41 Å². The Morgan fingerprint density at radius 3 is 1.68 bits per heavy atom. The highest BCUT2D eigenvalue weighted by Crippen LogP contribution is 2.70. The fraction of sp³-hybridized carbons (Fsp3) is 0.217. The zero-order valence-electron chi connectivity index (χ0n) is 26.5. The van der Waals surface area contributed by atoms with E-state index in [-0.39, 0.29) is 5.41 Å². The molecule has 0 saturated heterocycles. The van der Waals surface area contributed by atoms with Crippen LogP contribution in [0.1, 0.15) is 43.2 Å².